The van der Waals surface area contributed by atoms with E-state index in [2.05, 4.69) is 0 Å². The van der Waals surface area contributed by atoms with Crippen molar-refractivity contribution in [1.82, 2.24) is 0 Å². The molecule has 0 spiro atoms. The lowest BCUT2D eigenvalue weighted by molar-refractivity contribution is 0.179. The van der Waals surface area contributed by atoms with Crippen molar-refractivity contribution >= 4 is 5.69 Å². The molecular formula is C8H10N2O. The molecule has 1 unspecified atom stereocenters. The van der Waals surface area contributed by atoms with E-state index in [9.17, 15) is 5.11 Å². The number of nitrogens with zero attached hydrogens (tertiary/aromatic N) is 1. The van der Waals surface area contributed by atoms with Crippen molar-refractivity contribution in [2.75, 3.05) is 5.01 Å². The highest BCUT2D eigenvalue weighted by atomic mass is 16.3. The number of para-hydroxylation sites is 1. The second-order valence-corrected chi connectivity index (χ2v) is 2.72. The van der Waals surface area contributed by atoms with Crippen LogP contribution in [0.2, 0.25) is 0 Å². The molecule has 1 aliphatic rings. The molecule has 3 N–H and O–H groups in total. The number of benzene rings is 1. The first-order valence-corrected chi connectivity index (χ1v) is 3.59. The van der Waals surface area contributed by atoms with Crippen LogP contribution in [0.1, 0.15) is 5.56 Å². The molecule has 0 amide bonds. The predicted octanol–water partition coefficient (Wildman–Crippen LogP) is 0.241. The molecule has 1 aromatic carbocycles. The van der Waals surface area contributed by atoms with Crippen molar-refractivity contribution < 1.29 is 5.11 Å². The summed E-state index contributed by atoms with van der Waals surface area (Å²) in [5.74, 6) is 5.57. The third kappa shape index (κ3) is 0.895. The molecule has 1 heterocycles. The molecule has 3 nitrogen and oxygen atoms in total. The van der Waals surface area contributed by atoms with Gasteiger partial charge >= 0.3 is 0 Å². The van der Waals surface area contributed by atoms with Gasteiger partial charge < -0.3 is 5.11 Å². The molecule has 0 saturated heterocycles. The van der Waals surface area contributed by atoms with Gasteiger partial charge in [0.25, 0.3) is 0 Å². The molecule has 3 heteroatoms. The maximum atomic E-state index is 9.32. The zero-order valence-electron chi connectivity index (χ0n) is 6.07. The highest BCUT2D eigenvalue weighted by molar-refractivity contribution is 5.57. The molecule has 0 fully saturated rings. The first kappa shape index (κ1) is 6.64. The fourth-order valence-electron chi connectivity index (χ4n) is 1.39. The SMILES string of the molecule is NN1c2ccccc2CC1O. The van der Waals surface area contributed by atoms with Crippen LogP contribution in [-0.4, -0.2) is 11.3 Å². The van der Waals surface area contributed by atoms with Gasteiger partial charge in [0.2, 0.25) is 0 Å². The first-order valence-electron chi connectivity index (χ1n) is 3.59. The average molecular weight is 150 g/mol. The van der Waals surface area contributed by atoms with E-state index < -0.39 is 6.23 Å². The van der Waals surface area contributed by atoms with Crippen LogP contribution in [0.15, 0.2) is 24.3 Å². The van der Waals surface area contributed by atoms with Crippen molar-refractivity contribution in [3.05, 3.63) is 29.8 Å². The molecular weight excluding hydrogens is 140 g/mol. The Morgan fingerprint density at radius 2 is 2.18 bits per heavy atom. The van der Waals surface area contributed by atoms with E-state index in [4.69, 9.17) is 5.84 Å². The minimum absolute atomic E-state index is 0.549. The molecule has 1 atom stereocenters. The Labute approximate surface area is 65.0 Å². The Kier molecular flexibility index (Phi) is 1.34. The number of aliphatic hydroxyl groups excluding tert-OH is 1. The number of hydrazine groups is 1. The Morgan fingerprint density at radius 1 is 1.45 bits per heavy atom. The number of hydrogen-bond acceptors (Lipinski definition) is 3. The summed E-state index contributed by atoms with van der Waals surface area (Å²) in [6.07, 6.45) is 0.0829. The van der Waals surface area contributed by atoms with Crippen molar-refractivity contribution in [1.29, 1.82) is 0 Å². The summed E-state index contributed by atoms with van der Waals surface area (Å²) in [7, 11) is 0. The molecule has 0 radical (unpaired) electrons. The Balaban J connectivity index is 2.47. The van der Waals surface area contributed by atoms with Gasteiger partial charge in [0.15, 0.2) is 0 Å². The number of fused-ring (bicyclic) bond motifs is 1. The minimum Gasteiger partial charge on any atom is -0.372 e. The Hall–Kier alpha value is -1.06. The summed E-state index contributed by atoms with van der Waals surface area (Å²) in [5.41, 5.74) is 2.04. The Morgan fingerprint density at radius 3 is 2.91 bits per heavy atom. The van der Waals surface area contributed by atoms with Crippen molar-refractivity contribution in [2.24, 2.45) is 5.84 Å². The zero-order valence-corrected chi connectivity index (χ0v) is 6.07. The summed E-state index contributed by atoms with van der Waals surface area (Å²) >= 11 is 0. The van der Waals surface area contributed by atoms with E-state index in [0.717, 1.165) is 11.3 Å². The van der Waals surface area contributed by atoms with Gasteiger partial charge in [-0.2, -0.15) is 0 Å². The van der Waals surface area contributed by atoms with Crippen LogP contribution < -0.4 is 10.9 Å². The second-order valence-electron chi connectivity index (χ2n) is 2.72. The van der Waals surface area contributed by atoms with E-state index in [1.54, 1.807) is 0 Å². The summed E-state index contributed by atoms with van der Waals surface area (Å²) in [5, 5.41) is 10.7. The third-order valence-electron chi connectivity index (χ3n) is 1.99. The van der Waals surface area contributed by atoms with Crippen LogP contribution in [0.4, 0.5) is 5.69 Å². The summed E-state index contributed by atoms with van der Waals surface area (Å²) < 4.78 is 0. The molecule has 0 saturated carbocycles. The van der Waals surface area contributed by atoms with Gasteiger partial charge in [-0.1, -0.05) is 18.2 Å². The topological polar surface area (TPSA) is 49.5 Å². The van der Waals surface area contributed by atoms with Crippen LogP contribution in [0.5, 0.6) is 0 Å². The fourth-order valence-corrected chi connectivity index (χ4v) is 1.39. The van der Waals surface area contributed by atoms with E-state index in [1.165, 1.54) is 5.01 Å². The molecule has 58 valence electrons. The van der Waals surface area contributed by atoms with Gasteiger partial charge in [-0.25, -0.2) is 5.84 Å². The molecule has 0 aromatic heterocycles. The van der Waals surface area contributed by atoms with Gasteiger partial charge in [0.05, 0.1) is 5.69 Å². The quantitative estimate of drug-likeness (QED) is 0.521. The summed E-state index contributed by atoms with van der Waals surface area (Å²) in [6.45, 7) is 0. The molecule has 1 aliphatic heterocycles. The summed E-state index contributed by atoms with van der Waals surface area (Å²) in [6, 6.07) is 7.75. The first-order chi connectivity index (χ1) is 5.29. The fraction of sp³-hybridized carbons (Fsp3) is 0.250. The third-order valence-corrected chi connectivity index (χ3v) is 1.99. The van der Waals surface area contributed by atoms with Crippen LogP contribution >= 0.6 is 0 Å². The summed E-state index contributed by atoms with van der Waals surface area (Å²) in [4.78, 5) is 0. The molecule has 1 aromatic rings. The van der Waals surface area contributed by atoms with Crippen molar-refractivity contribution in [3.63, 3.8) is 0 Å². The molecule has 0 aliphatic carbocycles. The number of rotatable bonds is 0. The maximum absolute atomic E-state index is 9.32. The van der Waals surface area contributed by atoms with Crippen LogP contribution in [0.25, 0.3) is 0 Å². The number of hydrogen-bond donors (Lipinski definition) is 2. The molecule has 11 heavy (non-hydrogen) atoms. The smallest absolute Gasteiger partial charge is 0.144 e. The van der Waals surface area contributed by atoms with Gasteiger partial charge in [0.1, 0.15) is 6.23 Å². The number of anilines is 1. The van der Waals surface area contributed by atoms with Crippen LogP contribution in [0, 0.1) is 0 Å². The van der Waals surface area contributed by atoms with Crippen molar-refractivity contribution in [2.45, 2.75) is 12.6 Å². The van der Waals surface area contributed by atoms with Gasteiger partial charge in [-0.05, 0) is 11.6 Å². The lowest BCUT2D eigenvalue weighted by atomic mass is 10.2. The molecule has 2 rings (SSSR count). The van der Waals surface area contributed by atoms with Gasteiger partial charge in [-0.15, -0.1) is 0 Å². The van der Waals surface area contributed by atoms with E-state index in [-0.39, 0.29) is 0 Å². The maximum Gasteiger partial charge on any atom is 0.144 e. The largest absolute Gasteiger partial charge is 0.372 e. The Bertz CT molecular complexity index is 275. The van der Waals surface area contributed by atoms with Crippen LogP contribution in [-0.2, 0) is 6.42 Å². The lowest BCUT2D eigenvalue weighted by Crippen LogP contribution is -2.37. The minimum atomic E-state index is -0.549. The highest BCUT2D eigenvalue weighted by Gasteiger charge is 2.23. The average Bonchev–Trinajstić information content (AvgIpc) is 2.30. The monoisotopic (exact) mass is 150 g/mol. The highest BCUT2D eigenvalue weighted by Crippen LogP contribution is 2.27. The zero-order chi connectivity index (χ0) is 7.84. The number of nitrogens with two attached hydrogens (primary N) is 1. The van der Waals surface area contributed by atoms with Gasteiger partial charge in [0, 0.05) is 6.42 Å². The van der Waals surface area contributed by atoms with Gasteiger partial charge in [-0.3, -0.25) is 5.01 Å². The van der Waals surface area contributed by atoms with E-state index in [0.29, 0.717) is 6.42 Å². The lowest BCUT2D eigenvalue weighted by Gasteiger charge is -2.15. The second kappa shape index (κ2) is 2.22. The van der Waals surface area contributed by atoms with Crippen molar-refractivity contribution in [3.8, 4) is 0 Å². The van der Waals surface area contributed by atoms with E-state index in [1.807, 2.05) is 24.3 Å². The molecule has 0 bridgehead atoms. The van der Waals surface area contributed by atoms with E-state index >= 15 is 0 Å². The normalized spacial score (nSPS) is 22.0. The predicted molar refractivity (Wildman–Crippen MR) is 42.8 cm³/mol. The number of aliphatic hydroxyl groups is 1. The van der Waals surface area contributed by atoms with Crippen LogP contribution in [0.3, 0.4) is 0 Å². The standard InChI is InChI=1S/C8H10N2O/c9-10-7-4-2-1-3-6(7)5-8(10)11/h1-4,8,11H,5,9H2.